The number of aromatic nitrogens is 4. The number of aryl methyl sites for hydroxylation is 1. The lowest BCUT2D eigenvalue weighted by molar-refractivity contribution is -0.137. The van der Waals surface area contributed by atoms with Crippen LogP contribution in [0.3, 0.4) is 0 Å². The first kappa shape index (κ1) is 45.9. The van der Waals surface area contributed by atoms with Crippen LogP contribution in [0, 0.1) is 18.3 Å². The highest BCUT2D eigenvalue weighted by molar-refractivity contribution is 9.10. The summed E-state index contributed by atoms with van der Waals surface area (Å²) in [5.41, 5.74) is 0.669. The Bertz CT molecular complexity index is 2310. The molecular formula is C37H28BrCl5F3N7O5. The summed E-state index contributed by atoms with van der Waals surface area (Å²) in [6.07, 6.45) is -0.307. The molecule has 0 aliphatic heterocycles. The highest BCUT2D eigenvalue weighted by atomic mass is 79.9. The molecule has 5 rings (SSSR count). The van der Waals surface area contributed by atoms with Crippen molar-refractivity contribution in [3.63, 3.8) is 0 Å². The number of alkyl halides is 3. The maximum atomic E-state index is 13.0. The zero-order valence-electron chi connectivity index (χ0n) is 29.9. The molecule has 0 spiro atoms. The monoisotopic (exact) mass is 961 g/mol. The van der Waals surface area contributed by atoms with E-state index in [2.05, 4.69) is 41.6 Å². The molecule has 3 aromatic heterocycles. The Morgan fingerprint density at radius 1 is 0.966 bits per heavy atom. The molecule has 5 aromatic rings. The summed E-state index contributed by atoms with van der Waals surface area (Å²) >= 11 is 32.7. The maximum absolute atomic E-state index is 13.0. The summed E-state index contributed by atoms with van der Waals surface area (Å²) in [5, 5.41) is 19.5. The van der Waals surface area contributed by atoms with Gasteiger partial charge in [0.15, 0.2) is 11.6 Å². The van der Waals surface area contributed by atoms with Gasteiger partial charge in [-0.25, -0.2) is 14.6 Å². The van der Waals surface area contributed by atoms with Gasteiger partial charge in [-0.05, 0) is 64.8 Å². The number of nitriles is 1. The molecule has 12 nitrogen and oxygen atoms in total. The summed E-state index contributed by atoms with van der Waals surface area (Å²) in [5.74, 6) is 0.106. The molecule has 0 atom stereocenters. The van der Waals surface area contributed by atoms with E-state index in [9.17, 15) is 28.0 Å². The van der Waals surface area contributed by atoms with Crippen LogP contribution in [0.15, 0.2) is 82.2 Å². The number of nitrogens with zero attached hydrogens (tertiary/aromatic N) is 5. The van der Waals surface area contributed by atoms with Crippen molar-refractivity contribution in [3.05, 3.63) is 125 Å². The lowest BCUT2D eigenvalue weighted by Gasteiger charge is -2.14. The fraction of sp³-hybridized carbons (Fsp3) is 0.189. The van der Waals surface area contributed by atoms with E-state index in [1.807, 2.05) is 6.07 Å². The Morgan fingerprint density at radius 2 is 1.67 bits per heavy atom. The molecule has 0 aliphatic rings. The van der Waals surface area contributed by atoms with Gasteiger partial charge in [0.25, 0.3) is 11.8 Å². The third-order valence-electron chi connectivity index (χ3n) is 7.33. The minimum atomic E-state index is -4.44. The van der Waals surface area contributed by atoms with Crippen molar-refractivity contribution >= 4 is 91.4 Å². The Balaban J connectivity index is 0.000000257. The molecule has 0 saturated carbocycles. The smallest absolute Gasteiger partial charge is 0.417 e. The fourth-order valence-corrected chi connectivity index (χ4v) is 6.00. The summed E-state index contributed by atoms with van der Waals surface area (Å²) in [6.45, 7) is 2.24. The van der Waals surface area contributed by atoms with Crippen LogP contribution in [-0.2, 0) is 6.18 Å². The molecule has 21 heteroatoms. The number of amides is 2. The van der Waals surface area contributed by atoms with Crippen LogP contribution in [0.1, 0.15) is 44.0 Å². The molecule has 2 aromatic carbocycles. The van der Waals surface area contributed by atoms with Crippen LogP contribution in [0.25, 0.3) is 5.82 Å². The largest absolute Gasteiger partial charge is 0.490 e. The lowest BCUT2D eigenvalue weighted by atomic mass is 10.0. The number of carbonyl (C=O) groups is 2. The summed E-state index contributed by atoms with van der Waals surface area (Å²) in [6, 6.07) is 14.9. The second-order valence-electron chi connectivity index (χ2n) is 11.4. The number of anilines is 1. The maximum Gasteiger partial charge on any atom is 0.417 e. The number of halogens is 9. The van der Waals surface area contributed by atoms with E-state index in [0.717, 1.165) is 12.1 Å². The SMILES string of the molecule is CNC(=O)c1cc(C#N)cc(C)c1NC(=O)c1cc(Br)nn1-c1ncccc1Cl.FC(F)(F)c1ccc(OCCCOc2c(Cl)cc(OCC=C(Cl)Cl)cc2Cl)nc1. The molecule has 3 heterocycles. The second kappa shape index (κ2) is 21.3. The first-order valence-electron chi connectivity index (χ1n) is 16.4. The topological polar surface area (TPSA) is 153 Å². The summed E-state index contributed by atoms with van der Waals surface area (Å²) < 4.78 is 55.4. The van der Waals surface area contributed by atoms with E-state index in [0.29, 0.717) is 44.8 Å². The molecule has 58 heavy (non-hydrogen) atoms. The number of hydrogen-bond donors (Lipinski definition) is 2. The number of hydrogen-bond acceptors (Lipinski definition) is 9. The Kier molecular flexibility index (Phi) is 16.9. The van der Waals surface area contributed by atoms with E-state index >= 15 is 0 Å². The van der Waals surface area contributed by atoms with E-state index < -0.39 is 23.6 Å². The van der Waals surface area contributed by atoms with E-state index in [4.69, 9.17) is 72.2 Å². The zero-order chi connectivity index (χ0) is 42.6. The number of pyridine rings is 2. The van der Waals surface area contributed by atoms with Crippen molar-refractivity contribution in [2.24, 2.45) is 0 Å². The molecule has 0 bridgehead atoms. The minimum absolute atomic E-state index is 0.0795. The van der Waals surface area contributed by atoms with Crippen LogP contribution in [-0.4, -0.2) is 58.4 Å². The van der Waals surface area contributed by atoms with Gasteiger partial charge < -0.3 is 24.8 Å². The van der Waals surface area contributed by atoms with Crippen molar-refractivity contribution < 1.29 is 37.0 Å². The molecule has 2 amide bonds. The third kappa shape index (κ3) is 12.9. The van der Waals surface area contributed by atoms with Crippen molar-refractivity contribution in [1.82, 2.24) is 25.1 Å². The van der Waals surface area contributed by atoms with Crippen molar-refractivity contribution in [2.45, 2.75) is 19.5 Å². The minimum Gasteiger partial charge on any atom is -0.490 e. The lowest BCUT2D eigenvalue weighted by Crippen LogP contribution is -2.24. The second-order valence-corrected chi connectivity index (χ2v) is 14.4. The van der Waals surface area contributed by atoms with Crippen molar-refractivity contribution in [3.8, 4) is 29.3 Å². The van der Waals surface area contributed by atoms with Crippen molar-refractivity contribution in [1.29, 1.82) is 5.26 Å². The highest BCUT2D eigenvalue weighted by Crippen LogP contribution is 2.37. The predicted molar refractivity (Wildman–Crippen MR) is 218 cm³/mol. The number of ether oxygens (including phenoxy) is 3. The predicted octanol–water partition coefficient (Wildman–Crippen LogP) is 10.4. The molecule has 304 valence electrons. The average Bonchev–Trinajstić information content (AvgIpc) is 3.57. The molecule has 0 saturated heterocycles. The van der Waals surface area contributed by atoms with E-state index in [-0.39, 0.29) is 63.1 Å². The standard InChI is InChI=1S/C19H14BrClN6O2.C18H14Cl4F3NO3/c1-10-6-11(9-22)7-12(18(28)23-2)16(10)25-19(29)14-8-15(20)26-27(14)17-13(21)4-3-5-24-17;19-13-8-12(27-7-4-15(21)22)9-14(20)17(13)29-6-1-5-28-16-3-2-11(10-26-16)18(23,24)25/h3-8H,1-2H3,(H,23,28)(H,25,29);2-4,8-10H,1,5-7H2. The zero-order valence-corrected chi connectivity index (χ0v) is 35.3. The molecule has 0 unspecified atom stereocenters. The molecular weight excluding hydrogens is 937 g/mol. The summed E-state index contributed by atoms with van der Waals surface area (Å²) in [4.78, 5) is 33.1. The third-order valence-corrected chi connectivity index (χ3v) is 8.89. The molecule has 2 N–H and O–H groups in total. The number of rotatable bonds is 13. The van der Waals surface area contributed by atoms with Crippen LogP contribution < -0.4 is 24.8 Å². The van der Waals surface area contributed by atoms with Gasteiger partial charge in [0, 0.05) is 50.1 Å². The Hall–Kier alpha value is -4.76. The van der Waals surface area contributed by atoms with Gasteiger partial charge in [-0.2, -0.15) is 23.5 Å². The quantitative estimate of drug-likeness (QED) is 0.110. The van der Waals surface area contributed by atoms with Gasteiger partial charge in [0.2, 0.25) is 5.88 Å². The Morgan fingerprint density at radius 3 is 2.28 bits per heavy atom. The van der Waals surface area contributed by atoms with E-state index in [1.54, 1.807) is 25.1 Å². The van der Waals surface area contributed by atoms with Gasteiger partial charge in [-0.1, -0.05) is 58.0 Å². The molecule has 0 aliphatic carbocycles. The first-order chi connectivity index (χ1) is 27.5. The van der Waals surface area contributed by atoms with Crippen LogP contribution in [0.5, 0.6) is 17.4 Å². The molecule has 0 fully saturated rings. The first-order valence-corrected chi connectivity index (χ1v) is 19.1. The number of nitrogens with one attached hydrogen (secondary N) is 2. The summed E-state index contributed by atoms with van der Waals surface area (Å²) in [7, 11) is 1.47. The van der Waals surface area contributed by atoms with Crippen LogP contribution in [0.4, 0.5) is 18.9 Å². The van der Waals surface area contributed by atoms with E-state index in [1.165, 1.54) is 48.3 Å². The van der Waals surface area contributed by atoms with Crippen molar-refractivity contribution in [2.75, 3.05) is 32.2 Å². The number of benzene rings is 2. The fourth-order valence-electron chi connectivity index (χ4n) is 4.72. The van der Waals surface area contributed by atoms with Gasteiger partial charge in [0.1, 0.15) is 27.1 Å². The molecule has 0 radical (unpaired) electrons. The Labute approximate surface area is 362 Å². The van der Waals surface area contributed by atoms with Crippen LogP contribution >= 0.6 is 73.9 Å². The normalized spacial score (nSPS) is 10.7. The van der Waals surface area contributed by atoms with Crippen LogP contribution in [0.2, 0.25) is 15.1 Å². The highest BCUT2D eigenvalue weighted by Gasteiger charge is 2.30. The van der Waals surface area contributed by atoms with Gasteiger partial charge in [-0.3, -0.25) is 9.59 Å². The van der Waals surface area contributed by atoms with Gasteiger partial charge in [-0.15, -0.1) is 0 Å². The average molecular weight is 965 g/mol. The number of carbonyl (C=O) groups excluding carboxylic acids is 2. The van der Waals surface area contributed by atoms with Gasteiger partial charge >= 0.3 is 6.18 Å². The van der Waals surface area contributed by atoms with Gasteiger partial charge in [0.05, 0.1) is 56.7 Å².